The largest absolute Gasteiger partial charge is 0.365 e. The summed E-state index contributed by atoms with van der Waals surface area (Å²) in [5, 5.41) is 7.50. The van der Waals surface area contributed by atoms with Crippen molar-refractivity contribution in [1.82, 2.24) is 14.8 Å². The van der Waals surface area contributed by atoms with Crippen LogP contribution < -0.4 is 11.1 Å². The molecule has 1 aliphatic carbocycles. The Labute approximate surface area is 182 Å². The third kappa shape index (κ3) is 3.83. The predicted molar refractivity (Wildman–Crippen MR) is 113 cm³/mol. The van der Waals surface area contributed by atoms with Crippen LogP contribution in [0, 0.1) is 0 Å². The average molecular weight is 498 g/mol. The van der Waals surface area contributed by atoms with Crippen LogP contribution in [0.25, 0.3) is 10.2 Å². The van der Waals surface area contributed by atoms with Crippen molar-refractivity contribution in [3.8, 4) is 0 Å². The number of anilines is 1. The maximum atomic E-state index is 13.3. The lowest BCUT2D eigenvalue weighted by molar-refractivity contribution is -0.119. The molecule has 3 heterocycles. The second kappa shape index (κ2) is 8.03. The maximum Gasteiger partial charge on any atom is 0.280 e. The van der Waals surface area contributed by atoms with Gasteiger partial charge in [-0.25, -0.2) is 13.8 Å². The van der Waals surface area contributed by atoms with Gasteiger partial charge in [0.25, 0.3) is 12.3 Å². The monoisotopic (exact) mass is 497 g/mol. The zero-order valence-corrected chi connectivity index (χ0v) is 18.3. The van der Waals surface area contributed by atoms with Crippen LogP contribution in [0.15, 0.2) is 22.9 Å². The number of hydrogen-bond acceptors (Lipinski definition) is 5. The number of fused-ring (bicyclic) bond motifs is 1. The minimum Gasteiger partial charge on any atom is -0.365 e. The minimum absolute atomic E-state index is 0.0932. The number of nitrogens with zero attached hydrogens (tertiary/aromatic N) is 3. The molecular weight excluding hydrogens is 480 g/mol. The van der Waals surface area contributed by atoms with E-state index in [0.29, 0.717) is 17.4 Å². The zero-order chi connectivity index (χ0) is 21.6. The third-order valence-electron chi connectivity index (χ3n) is 5.00. The maximum absolute atomic E-state index is 13.3. The molecule has 3 aromatic rings. The van der Waals surface area contributed by atoms with Gasteiger partial charge in [-0.05, 0) is 52.7 Å². The van der Waals surface area contributed by atoms with E-state index in [1.54, 1.807) is 12.4 Å². The van der Waals surface area contributed by atoms with Gasteiger partial charge in [0.15, 0.2) is 0 Å². The van der Waals surface area contributed by atoms with Crippen molar-refractivity contribution in [3.05, 3.63) is 39.1 Å². The van der Waals surface area contributed by atoms with Gasteiger partial charge in [-0.1, -0.05) is 6.92 Å². The predicted octanol–water partition coefficient (Wildman–Crippen LogP) is 4.76. The molecule has 1 aliphatic rings. The SMILES string of the molecule is CCC(C(=O)Nc1c(C(N)=O)sc2nc(C(F)F)cc(C3CC3)c12)n1cc(Br)cn1. The molecule has 158 valence electrons. The highest BCUT2D eigenvalue weighted by atomic mass is 79.9. The molecule has 11 heteroatoms. The van der Waals surface area contributed by atoms with E-state index in [-0.39, 0.29) is 32.9 Å². The highest BCUT2D eigenvalue weighted by molar-refractivity contribution is 9.10. The van der Waals surface area contributed by atoms with E-state index in [2.05, 4.69) is 31.3 Å². The number of alkyl halides is 2. The number of nitrogens with two attached hydrogens (primary N) is 1. The van der Waals surface area contributed by atoms with Gasteiger partial charge in [0, 0.05) is 11.6 Å². The van der Waals surface area contributed by atoms with Gasteiger partial charge in [0.1, 0.15) is 21.4 Å². The van der Waals surface area contributed by atoms with E-state index in [1.807, 2.05) is 6.92 Å². The minimum atomic E-state index is -2.73. The van der Waals surface area contributed by atoms with E-state index in [0.717, 1.165) is 28.7 Å². The number of carbonyl (C=O) groups excluding carboxylic acids is 2. The first-order valence-electron chi connectivity index (χ1n) is 9.35. The van der Waals surface area contributed by atoms with E-state index in [4.69, 9.17) is 5.73 Å². The van der Waals surface area contributed by atoms with Crippen LogP contribution in [-0.2, 0) is 4.79 Å². The summed E-state index contributed by atoms with van der Waals surface area (Å²) in [5.41, 5.74) is 6.11. The molecule has 30 heavy (non-hydrogen) atoms. The van der Waals surface area contributed by atoms with Gasteiger partial charge in [0.2, 0.25) is 5.91 Å². The molecule has 1 unspecified atom stereocenters. The number of halogens is 3. The third-order valence-corrected chi connectivity index (χ3v) is 6.51. The molecular formula is C19H18BrF2N5O2S. The number of hydrogen-bond donors (Lipinski definition) is 2. The highest BCUT2D eigenvalue weighted by Crippen LogP contribution is 2.48. The van der Waals surface area contributed by atoms with Crippen LogP contribution in [0.4, 0.5) is 14.5 Å². The quantitative estimate of drug-likeness (QED) is 0.490. The van der Waals surface area contributed by atoms with Crippen molar-refractivity contribution in [2.24, 2.45) is 5.73 Å². The number of primary amides is 1. The van der Waals surface area contributed by atoms with E-state index in [9.17, 15) is 18.4 Å². The molecule has 0 spiro atoms. The first kappa shape index (κ1) is 20.9. The summed E-state index contributed by atoms with van der Waals surface area (Å²) in [4.78, 5) is 29.5. The van der Waals surface area contributed by atoms with Crippen molar-refractivity contribution in [1.29, 1.82) is 0 Å². The number of rotatable bonds is 7. The van der Waals surface area contributed by atoms with Gasteiger partial charge < -0.3 is 11.1 Å². The standard InChI is InChI=1S/C19H18BrF2N5O2S/c1-2-12(27-7-9(20)6-24-27)18(29)26-14-13-10(8-3-4-8)5-11(16(21)22)25-19(13)30-15(14)17(23)28/h5-8,12,16H,2-4H2,1H3,(H2,23,28)(H,26,29). The lowest BCUT2D eigenvalue weighted by Gasteiger charge is -2.16. The van der Waals surface area contributed by atoms with E-state index in [1.165, 1.54) is 10.7 Å². The Kier molecular flexibility index (Phi) is 5.58. The summed E-state index contributed by atoms with van der Waals surface area (Å²) in [6, 6.07) is 0.754. The van der Waals surface area contributed by atoms with Crippen molar-refractivity contribution >= 4 is 55.0 Å². The molecule has 2 amide bonds. The molecule has 7 nitrogen and oxygen atoms in total. The first-order chi connectivity index (χ1) is 14.3. The van der Waals surface area contributed by atoms with E-state index < -0.39 is 18.4 Å². The van der Waals surface area contributed by atoms with Gasteiger partial charge >= 0.3 is 0 Å². The number of nitrogens with one attached hydrogen (secondary N) is 1. The number of aromatic nitrogens is 3. The lowest BCUT2D eigenvalue weighted by atomic mass is 10.0. The Morgan fingerprint density at radius 2 is 2.17 bits per heavy atom. The lowest BCUT2D eigenvalue weighted by Crippen LogP contribution is -2.27. The van der Waals surface area contributed by atoms with Crippen molar-refractivity contribution in [3.63, 3.8) is 0 Å². The van der Waals surface area contributed by atoms with E-state index >= 15 is 0 Å². The van der Waals surface area contributed by atoms with Crippen LogP contribution in [-0.4, -0.2) is 26.6 Å². The highest BCUT2D eigenvalue weighted by Gasteiger charge is 2.32. The molecule has 3 N–H and O–H groups in total. The van der Waals surface area contributed by atoms with Crippen LogP contribution in [0.3, 0.4) is 0 Å². The molecule has 1 saturated carbocycles. The normalized spacial score (nSPS) is 15.0. The Hall–Kier alpha value is -2.40. The summed E-state index contributed by atoms with van der Waals surface area (Å²) < 4.78 is 28.9. The Bertz CT molecular complexity index is 1140. The smallest absolute Gasteiger partial charge is 0.280 e. The van der Waals surface area contributed by atoms with Gasteiger partial charge in [-0.3, -0.25) is 14.3 Å². The topological polar surface area (TPSA) is 103 Å². The molecule has 3 aromatic heterocycles. The van der Waals surface area contributed by atoms with Gasteiger partial charge in [0.05, 0.1) is 16.4 Å². The Morgan fingerprint density at radius 3 is 2.70 bits per heavy atom. The summed E-state index contributed by atoms with van der Waals surface area (Å²) in [5.74, 6) is -1.03. The molecule has 0 aromatic carbocycles. The van der Waals surface area contributed by atoms with Crippen LogP contribution in [0.1, 0.15) is 65.5 Å². The second-order valence-corrected chi connectivity index (χ2v) is 9.03. The first-order valence-corrected chi connectivity index (χ1v) is 11.0. The Balaban J connectivity index is 1.81. The van der Waals surface area contributed by atoms with Gasteiger partial charge in [-0.2, -0.15) is 5.10 Å². The summed E-state index contributed by atoms with van der Waals surface area (Å²) >= 11 is 4.23. The second-order valence-electron chi connectivity index (χ2n) is 7.11. The fraction of sp³-hybridized carbons (Fsp3) is 0.368. The number of amides is 2. The molecule has 1 atom stereocenters. The number of pyridine rings is 1. The summed E-state index contributed by atoms with van der Waals surface area (Å²) in [6.07, 6.45) is 2.70. The molecule has 0 bridgehead atoms. The average Bonchev–Trinajstić information content (AvgIpc) is 3.36. The summed E-state index contributed by atoms with van der Waals surface area (Å²) in [7, 11) is 0. The molecule has 0 radical (unpaired) electrons. The van der Waals surface area contributed by atoms with Gasteiger partial charge in [-0.15, -0.1) is 11.3 Å². The number of carbonyl (C=O) groups is 2. The Morgan fingerprint density at radius 1 is 1.43 bits per heavy atom. The van der Waals surface area contributed by atoms with Crippen molar-refractivity contribution < 1.29 is 18.4 Å². The van der Waals surface area contributed by atoms with Crippen LogP contribution in [0.5, 0.6) is 0 Å². The molecule has 0 saturated heterocycles. The number of thiophene rings is 1. The fourth-order valence-corrected chi connectivity index (χ4v) is 4.78. The van der Waals surface area contributed by atoms with Crippen molar-refractivity contribution in [2.45, 2.75) is 44.6 Å². The molecule has 0 aliphatic heterocycles. The van der Waals surface area contributed by atoms with Crippen LogP contribution in [0.2, 0.25) is 0 Å². The fourth-order valence-electron chi connectivity index (χ4n) is 3.45. The zero-order valence-electron chi connectivity index (χ0n) is 15.9. The molecule has 1 fully saturated rings. The van der Waals surface area contributed by atoms with Crippen LogP contribution >= 0.6 is 27.3 Å². The van der Waals surface area contributed by atoms with Crippen molar-refractivity contribution in [2.75, 3.05) is 5.32 Å². The molecule has 4 rings (SSSR count). The summed E-state index contributed by atoms with van der Waals surface area (Å²) in [6.45, 7) is 1.84.